The second-order valence-electron chi connectivity index (χ2n) is 4.76. The molecule has 104 valence electrons. The number of hydrogen-bond acceptors (Lipinski definition) is 3. The summed E-state index contributed by atoms with van der Waals surface area (Å²) in [5.41, 5.74) is 0. The SMILES string of the molecule is COC(C)(C)OC(CCCCCBr)c1ccco1. The van der Waals surface area contributed by atoms with E-state index >= 15 is 0 Å². The number of methoxy groups -OCH3 is 1. The number of ether oxygens (including phenoxy) is 2. The van der Waals surface area contributed by atoms with Crippen LogP contribution >= 0.6 is 15.9 Å². The van der Waals surface area contributed by atoms with Crippen LogP contribution in [0.3, 0.4) is 0 Å². The summed E-state index contributed by atoms with van der Waals surface area (Å²) in [6.07, 6.45) is 6.11. The highest BCUT2D eigenvalue weighted by atomic mass is 79.9. The third-order valence-electron chi connectivity index (χ3n) is 2.88. The van der Waals surface area contributed by atoms with Crippen molar-refractivity contribution in [3.8, 4) is 0 Å². The molecule has 18 heavy (non-hydrogen) atoms. The normalized spacial score (nSPS) is 13.8. The summed E-state index contributed by atoms with van der Waals surface area (Å²) in [5.74, 6) is 0.284. The molecule has 0 N–H and O–H groups in total. The highest BCUT2D eigenvalue weighted by molar-refractivity contribution is 9.09. The second kappa shape index (κ2) is 7.97. The molecule has 0 saturated carbocycles. The smallest absolute Gasteiger partial charge is 0.163 e. The van der Waals surface area contributed by atoms with E-state index in [0.717, 1.165) is 23.9 Å². The van der Waals surface area contributed by atoms with E-state index in [1.54, 1.807) is 13.4 Å². The molecule has 1 heterocycles. The van der Waals surface area contributed by atoms with Gasteiger partial charge in [0.2, 0.25) is 0 Å². The lowest BCUT2D eigenvalue weighted by molar-refractivity contribution is -0.230. The number of furan rings is 1. The fourth-order valence-electron chi connectivity index (χ4n) is 1.73. The minimum atomic E-state index is -0.590. The van der Waals surface area contributed by atoms with E-state index in [4.69, 9.17) is 13.9 Å². The molecule has 1 aromatic rings. The first-order valence-corrected chi connectivity index (χ1v) is 7.53. The monoisotopic (exact) mass is 318 g/mol. The predicted molar refractivity (Wildman–Crippen MR) is 75.9 cm³/mol. The van der Waals surface area contributed by atoms with Crippen LogP contribution in [0.5, 0.6) is 0 Å². The standard InChI is InChI=1S/C14H23BrO3/c1-14(2,16-3)18-13(8-5-4-6-10-15)12-9-7-11-17-12/h7,9,11,13H,4-6,8,10H2,1-3H3. The maximum atomic E-state index is 5.98. The Balaban J connectivity index is 2.53. The van der Waals surface area contributed by atoms with Crippen molar-refractivity contribution in [1.82, 2.24) is 0 Å². The van der Waals surface area contributed by atoms with Gasteiger partial charge in [-0.1, -0.05) is 28.8 Å². The third-order valence-corrected chi connectivity index (χ3v) is 3.44. The van der Waals surface area contributed by atoms with E-state index in [0.29, 0.717) is 0 Å². The van der Waals surface area contributed by atoms with Gasteiger partial charge in [0.05, 0.1) is 6.26 Å². The van der Waals surface area contributed by atoms with Crippen LogP contribution in [0.15, 0.2) is 22.8 Å². The molecule has 0 saturated heterocycles. The van der Waals surface area contributed by atoms with Gasteiger partial charge in [0, 0.05) is 12.4 Å². The number of rotatable bonds is 9. The summed E-state index contributed by atoms with van der Waals surface area (Å²) in [6.45, 7) is 3.84. The van der Waals surface area contributed by atoms with Crippen LogP contribution in [0.4, 0.5) is 0 Å². The van der Waals surface area contributed by atoms with Crippen molar-refractivity contribution in [2.24, 2.45) is 0 Å². The van der Waals surface area contributed by atoms with E-state index in [2.05, 4.69) is 15.9 Å². The molecule has 0 fully saturated rings. The second-order valence-corrected chi connectivity index (χ2v) is 5.56. The van der Waals surface area contributed by atoms with Crippen molar-refractivity contribution in [2.75, 3.05) is 12.4 Å². The van der Waals surface area contributed by atoms with Gasteiger partial charge in [-0.25, -0.2) is 0 Å². The molecule has 1 aromatic heterocycles. The van der Waals surface area contributed by atoms with Crippen molar-refractivity contribution in [3.63, 3.8) is 0 Å². The Labute approximate surface area is 118 Å². The Bertz CT molecular complexity index is 309. The molecule has 0 aliphatic rings. The summed E-state index contributed by atoms with van der Waals surface area (Å²) in [4.78, 5) is 0. The van der Waals surface area contributed by atoms with Gasteiger partial charge < -0.3 is 13.9 Å². The van der Waals surface area contributed by atoms with Gasteiger partial charge >= 0.3 is 0 Å². The zero-order chi connectivity index (χ0) is 13.4. The van der Waals surface area contributed by atoms with E-state index in [-0.39, 0.29) is 6.10 Å². The van der Waals surface area contributed by atoms with Crippen LogP contribution < -0.4 is 0 Å². The topological polar surface area (TPSA) is 31.6 Å². The predicted octanol–water partition coefficient (Wildman–Crippen LogP) is 4.68. The minimum Gasteiger partial charge on any atom is -0.467 e. The summed E-state index contributed by atoms with van der Waals surface area (Å²) in [6, 6.07) is 3.85. The quantitative estimate of drug-likeness (QED) is 0.376. The molecule has 0 amide bonds. The van der Waals surface area contributed by atoms with Gasteiger partial charge in [-0.2, -0.15) is 0 Å². The maximum Gasteiger partial charge on any atom is 0.163 e. The van der Waals surface area contributed by atoms with Crippen LogP contribution in [0.2, 0.25) is 0 Å². The molecule has 1 unspecified atom stereocenters. The molecular weight excluding hydrogens is 296 g/mol. The number of hydrogen-bond donors (Lipinski definition) is 0. The lowest BCUT2D eigenvalue weighted by Crippen LogP contribution is -2.28. The minimum absolute atomic E-state index is 0.0368. The molecule has 1 atom stereocenters. The zero-order valence-electron chi connectivity index (χ0n) is 11.4. The lowest BCUT2D eigenvalue weighted by Gasteiger charge is -2.28. The first-order valence-electron chi connectivity index (χ1n) is 6.41. The lowest BCUT2D eigenvalue weighted by atomic mass is 10.1. The van der Waals surface area contributed by atoms with Crippen molar-refractivity contribution in [2.45, 2.75) is 51.4 Å². The van der Waals surface area contributed by atoms with Gasteiger partial charge in [-0.3, -0.25) is 0 Å². The fraction of sp³-hybridized carbons (Fsp3) is 0.714. The van der Waals surface area contributed by atoms with Gasteiger partial charge in [-0.05, 0) is 38.8 Å². The molecule has 1 rings (SSSR count). The van der Waals surface area contributed by atoms with Gasteiger partial charge in [0.1, 0.15) is 11.9 Å². The Kier molecular flexibility index (Phi) is 6.97. The van der Waals surface area contributed by atoms with Crippen LogP contribution in [0.1, 0.15) is 51.4 Å². The molecule has 4 heteroatoms. The summed E-state index contributed by atoms with van der Waals surface area (Å²) in [7, 11) is 1.66. The average Bonchev–Trinajstić information content (AvgIpc) is 2.87. The number of alkyl halides is 1. The Morgan fingerprint density at radius 3 is 2.67 bits per heavy atom. The molecule has 0 bridgehead atoms. The van der Waals surface area contributed by atoms with E-state index in [1.807, 2.05) is 26.0 Å². The fourth-order valence-corrected chi connectivity index (χ4v) is 2.12. The Morgan fingerprint density at radius 1 is 1.33 bits per heavy atom. The summed E-state index contributed by atoms with van der Waals surface area (Å²) in [5, 5.41) is 1.06. The molecular formula is C14H23BrO3. The molecule has 0 spiro atoms. The van der Waals surface area contributed by atoms with Crippen LogP contribution in [-0.4, -0.2) is 18.2 Å². The highest BCUT2D eigenvalue weighted by Gasteiger charge is 2.25. The molecule has 3 nitrogen and oxygen atoms in total. The zero-order valence-corrected chi connectivity index (χ0v) is 13.0. The van der Waals surface area contributed by atoms with Gasteiger partial charge in [0.25, 0.3) is 0 Å². The molecule has 0 radical (unpaired) electrons. The van der Waals surface area contributed by atoms with E-state index in [1.165, 1.54) is 12.8 Å². The van der Waals surface area contributed by atoms with Crippen molar-refractivity contribution < 1.29 is 13.9 Å². The summed E-state index contributed by atoms with van der Waals surface area (Å²) < 4.78 is 16.8. The first kappa shape index (κ1) is 15.7. The number of unbranched alkanes of at least 4 members (excludes halogenated alkanes) is 2. The van der Waals surface area contributed by atoms with E-state index in [9.17, 15) is 0 Å². The molecule has 0 aromatic carbocycles. The van der Waals surface area contributed by atoms with Crippen molar-refractivity contribution in [3.05, 3.63) is 24.2 Å². The van der Waals surface area contributed by atoms with Gasteiger partial charge in [-0.15, -0.1) is 0 Å². The Hall–Kier alpha value is -0.320. The Morgan fingerprint density at radius 2 is 2.11 bits per heavy atom. The highest BCUT2D eigenvalue weighted by Crippen LogP contribution is 2.29. The molecule has 0 aliphatic heterocycles. The largest absolute Gasteiger partial charge is 0.467 e. The van der Waals surface area contributed by atoms with Crippen molar-refractivity contribution in [1.29, 1.82) is 0 Å². The van der Waals surface area contributed by atoms with Crippen molar-refractivity contribution >= 4 is 15.9 Å². The maximum absolute atomic E-state index is 5.98. The van der Waals surface area contributed by atoms with Crippen LogP contribution in [0.25, 0.3) is 0 Å². The summed E-state index contributed by atoms with van der Waals surface area (Å²) >= 11 is 3.45. The number of halogens is 1. The first-order chi connectivity index (χ1) is 8.59. The van der Waals surface area contributed by atoms with Gasteiger partial charge in [0.15, 0.2) is 5.79 Å². The third kappa shape index (κ3) is 5.55. The average molecular weight is 319 g/mol. The van der Waals surface area contributed by atoms with E-state index < -0.39 is 5.79 Å². The van der Waals surface area contributed by atoms with Crippen LogP contribution in [-0.2, 0) is 9.47 Å². The molecule has 0 aliphatic carbocycles. The van der Waals surface area contributed by atoms with Crippen LogP contribution in [0, 0.1) is 0 Å².